The van der Waals surface area contributed by atoms with Gasteiger partial charge in [0.25, 0.3) is 5.56 Å². The highest BCUT2D eigenvalue weighted by Crippen LogP contribution is 2.19. The molecule has 0 aliphatic rings. The smallest absolute Gasteiger partial charge is 0.272 e. The number of nitrogens with one attached hydrogen (secondary N) is 1. The average Bonchev–Trinajstić information content (AvgIpc) is 3.36. The Hall–Kier alpha value is -3.00. The van der Waals surface area contributed by atoms with Crippen molar-refractivity contribution in [1.29, 1.82) is 0 Å². The quantitative estimate of drug-likeness (QED) is 0.509. The van der Waals surface area contributed by atoms with E-state index >= 15 is 0 Å². The Bertz CT molecular complexity index is 1210. The lowest BCUT2D eigenvalue weighted by molar-refractivity contribution is -0.121. The number of aromatic nitrogens is 4. The number of fused-ring (bicyclic) bond motifs is 3. The molecule has 0 aliphatic carbocycles. The third-order valence-corrected chi connectivity index (χ3v) is 5.98. The summed E-state index contributed by atoms with van der Waals surface area (Å²) < 4.78 is 4.04. The van der Waals surface area contributed by atoms with Gasteiger partial charge in [0.1, 0.15) is 10.5 Å². The Morgan fingerprint density at radius 2 is 1.97 bits per heavy atom. The van der Waals surface area contributed by atoms with Gasteiger partial charge in [-0.1, -0.05) is 30.3 Å². The van der Waals surface area contributed by atoms with Crippen molar-refractivity contribution in [3.63, 3.8) is 0 Å². The molecule has 29 heavy (non-hydrogen) atoms. The molecule has 0 aliphatic heterocycles. The first-order chi connectivity index (χ1) is 14.0. The number of nitrogens with zero attached hydrogens (tertiary/aromatic N) is 4. The van der Waals surface area contributed by atoms with Gasteiger partial charge in [0.05, 0.1) is 5.52 Å². The number of carbonyl (C=O) groups excluding carboxylic acids is 1. The minimum Gasteiger partial charge on any atom is -0.354 e. The Balaban J connectivity index is 1.41. The summed E-state index contributed by atoms with van der Waals surface area (Å²) in [5, 5.41) is 13.3. The lowest BCUT2D eigenvalue weighted by Gasteiger charge is -2.13. The predicted molar refractivity (Wildman–Crippen MR) is 114 cm³/mol. The van der Waals surface area contributed by atoms with Gasteiger partial charge in [0, 0.05) is 25.9 Å². The van der Waals surface area contributed by atoms with E-state index in [0.29, 0.717) is 29.1 Å². The van der Waals surface area contributed by atoms with Gasteiger partial charge in [0.15, 0.2) is 0 Å². The van der Waals surface area contributed by atoms with E-state index in [-0.39, 0.29) is 17.5 Å². The maximum Gasteiger partial charge on any atom is 0.272 e. The fourth-order valence-electron chi connectivity index (χ4n) is 3.49. The first kappa shape index (κ1) is 19.3. The monoisotopic (exact) mass is 409 g/mol. The number of benzene rings is 1. The molecule has 0 spiro atoms. The summed E-state index contributed by atoms with van der Waals surface area (Å²) in [5.74, 6) is 1.17. The fourth-order valence-corrected chi connectivity index (χ4v) is 4.34. The molecule has 4 rings (SSSR count). The van der Waals surface area contributed by atoms with Gasteiger partial charge in [-0.25, -0.2) is 0 Å². The molecular formula is C21H23N5O2S. The second kappa shape index (κ2) is 8.16. The number of hydrogen-bond donors (Lipinski definition) is 1. The van der Waals surface area contributed by atoms with E-state index in [1.165, 1.54) is 21.5 Å². The number of rotatable bonds is 7. The van der Waals surface area contributed by atoms with Gasteiger partial charge in [0.2, 0.25) is 11.7 Å². The lowest BCUT2D eigenvalue weighted by atomic mass is 10.1. The summed E-state index contributed by atoms with van der Waals surface area (Å²) in [5.41, 5.74) is 1.99. The predicted octanol–water partition coefficient (Wildman–Crippen LogP) is 2.71. The summed E-state index contributed by atoms with van der Waals surface area (Å²) in [6.45, 7) is 2.03. The zero-order valence-electron chi connectivity index (χ0n) is 16.5. The Kier molecular flexibility index (Phi) is 5.44. The van der Waals surface area contributed by atoms with Crippen molar-refractivity contribution in [1.82, 2.24) is 24.5 Å². The van der Waals surface area contributed by atoms with E-state index in [4.69, 9.17) is 0 Å². The van der Waals surface area contributed by atoms with Crippen molar-refractivity contribution >= 4 is 33.2 Å². The number of amides is 1. The van der Waals surface area contributed by atoms with Crippen LogP contribution in [0.25, 0.3) is 16.0 Å². The molecule has 0 radical (unpaired) electrons. The van der Waals surface area contributed by atoms with Crippen molar-refractivity contribution in [2.45, 2.75) is 38.6 Å². The van der Waals surface area contributed by atoms with Gasteiger partial charge in [-0.3, -0.25) is 18.6 Å². The van der Waals surface area contributed by atoms with Gasteiger partial charge >= 0.3 is 0 Å². The van der Waals surface area contributed by atoms with E-state index < -0.39 is 0 Å². The topological polar surface area (TPSA) is 81.3 Å². The second-order valence-electron chi connectivity index (χ2n) is 7.24. The molecule has 3 heterocycles. The summed E-state index contributed by atoms with van der Waals surface area (Å²) in [6, 6.07) is 12.3. The van der Waals surface area contributed by atoms with Crippen LogP contribution >= 0.6 is 11.3 Å². The Morgan fingerprint density at radius 3 is 2.76 bits per heavy atom. The maximum absolute atomic E-state index is 12.4. The number of hydrogen-bond acceptors (Lipinski definition) is 5. The second-order valence-corrected chi connectivity index (χ2v) is 8.16. The molecule has 1 aromatic carbocycles. The molecule has 1 atom stereocenters. The zero-order chi connectivity index (χ0) is 20.4. The maximum atomic E-state index is 12.4. The van der Waals surface area contributed by atoms with Crippen LogP contribution in [0, 0.1) is 0 Å². The molecule has 4 aromatic rings. The molecule has 8 heteroatoms. The van der Waals surface area contributed by atoms with E-state index in [0.717, 1.165) is 18.4 Å². The van der Waals surface area contributed by atoms with Gasteiger partial charge in [-0.05, 0) is 36.8 Å². The highest BCUT2D eigenvalue weighted by Gasteiger charge is 2.16. The molecule has 0 saturated carbocycles. The fraction of sp³-hybridized carbons (Fsp3) is 0.333. The minimum absolute atomic E-state index is 0.00584. The van der Waals surface area contributed by atoms with Crippen molar-refractivity contribution in [2.24, 2.45) is 7.05 Å². The van der Waals surface area contributed by atoms with Crippen molar-refractivity contribution in [3.05, 3.63) is 63.5 Å². The molecule has 3 aromatic heterocycles. The van der Waals surface area contributed by atoms with Crippen LogP contribution in [0.15, 0.2) is 46.6 Å². The number of aryl methyl sites for hydroxylation is 3. The van der Waals surface area contributed by atoms with Crippen LogP contribution in [0.1, 0.15) is 31.2 Å². The average molecular weight is 410 g/mol. The summed E-state index contributed by atoms with van der Waals surface area (Å²) in [6.07, 6.45) is 2.61. The normalized spacial score (nSPS) is 12.5. The molecule has 7 nitrogen and oxygen atoms in total. The van der Waals surface area contributed by atoms with Crippen molar-refractivity contribution in [3.8, 4) is 0 Å². The van der Waals surface area contributed by atoms with E-state index in [2.05, 4.69) is 27.6 Å². The first-order valence-corrected chi connectivity index (χ1v) is 10.6. The van der Waals surface area contributed by atoms with Crippen molar-refractivity contribution in [2.75, 3.05) is 0 Å². The minimum atomic E-state index is -0.0774. The summed E-state index contributed by atoms with van der Waals surface area (Å²) in [7, 11) is 1.69. The van der Waals surface area contributed by atoms with E-state index in [9.17, 15) is 9.59 Å². The van der Waals surface area contributed by atoms with Crippen molar-refractivity contribution < 1.29 is 4.79 Å². The van der Waals surface area contributed by atoms with Gasteiger partial charge in [-0.15, -0.1) is 21.5 Å². The van der Waals surface area contributed by atoms with E-state index in [1.54, 1.807) is 7.05 Å². The molecule has 1 N–H and O–H groups in total. The van der Waals surface area contributed by atoms with Crippen LogP contribution in [0.5, 0.6) is 0 Å². The summed E-state index contributed by atoms with van der Waals surface area (Å²) >= 11 is 1.40. The van der Waals surface area contributed by atoms with Crippen LogP contribution in [-0.2, 0) is 24.7 Å². The number of carbonyl (C=O) groups is 1. The van der Waals surface area contributed by atoms with Crippen LogP contribution in [0.4, 0.5) is 0 Å². The summed E-state index contributed by atoms with van der Waals surface area (Å²) in [4.78, 5) is 24.8. The SMILES string of the molecule is C[C@H](CCc1ccccc1)NC(=O)CCc1nnc2n(C)c(=O)c3sccc3n12. The Labute approximate surface area is 172 Å². The third kappa shape index (κ3) is 3.93. The number of thiophene rings is 1. The molecular weight excluding hydrogens is 386 g/mol. The zero-order valence-corrected chi connectivity index (χ0v) is 17.3. The molecule has 0 bridgehead atoms. The first-order valence-electron chi connectivity index (χ1n) is 9.68. The van der Waals surface area contributed by atoms with Gasteiger partial charge < -0.3 is 5.32 Å². The van der Waals surface area contributed by atoms with E-state index in [1.807, 2.05) is 41.0 Å². The van der Waals surface area contributed by atoms with Crippen LogP contribution < -0.4 is 10.9 Å². The molecule has 0 unspecified atom stereocenters. The van der Waals surface area contributed by atoms with Gasteiger partial charge in [-0.2, -0.15) is 0 Å². The van der Waals surface area contributed by atoms with Crippen LogP contribution in [0.3, 0.4) is 0 Å². The standard InChI is InChI=1S/C21H23N5O2S/c1-14(8-9-15-6-4-3-5-7-15)22-18(27)11-10-17-23-24-21-25(2)20(28)19-16(26(17)21)12-13-29-19/h3-7,12-14H,8-11H2,1-2H3,(H,22,27)/t14-/m1/s1. The molecule has 150 valence electrons. The lowest BCUT2D eigenvalue weighted by Crippen LogP contribution is -2.33. The molecule has 0 fully saturated rings. The Morgan fingerprint density at radius 1 is 1.17 bits per heavy atom. The van der Waals surface area contributed by atoms with Crippen LogP contribution in [0.2, 0.25) is 0 Å². The highest BCUT2D eigenvalue weighted by atomic mass is 32.1. The molecule has 1 amide bonds. The van der Waals surface area contributed by atoms with Crippen LogP contribution in [-0.4, -0.2) is 31.1 Å². The highest BCUT2D eigenvalue weighted by molar-refractivity contribution is 7.17. The largest absolute Gasteiger partial charge is 0.354 e. The molecule has 0 saturated heterocycles. The third-order valence-electron chi connectivity index (χ3n) is 5.09.